The van der Waals surface area contributed by atoms with E-state index in [4.69, 9.17) is 10.5 Å². The highest BCUT2D eigenvalue weighted by Gasteiger charge is 2.15. The first-order valence-corrected chi connectivity index (χ1v) is 6.38. The summed E-state index contributed by atoms with van der Waals surface area (Å²) < 4.78 is 5.07. The second-order valence-corrected chi connectivity index (χ2v) is 5.31. The van der Waals surface area contributed by atoms with Gasteiger partial charge in [-0.2, -0.15) is 0 Å². The van der Waals surface area contributed by atoms with Gasteiger partial charge >= 0.3 is 6.09 Å². The lowest BCUT2D eigenvalue weighted by molar-refractivity contribution is 0.0526. The van der Waals surface area contributed by atoms with Crippen molar-refractivity contribution in [2.75, 3.05) is 18.8 Å². The van der Waals surface area contributed by atoms with Crippen LogP contribution >= 0.6 is 0 Å². The fourth-order valence-corrected chi connectivity index (χ4v) is 1.44. The highest BCUT2D eigenvalue weighted by molar-refractivity contribution is 5.94. The van der Waals surface area contributed by atoms with Crippen molar-refractivity contribution >= 4 is 17.7 Å². The van der Waals surface area contributed by atoms with Crippen LogP contribution in [0.5, 0.6) is 0 Å². The molecule has 0 aromatic heterocycles. The van der Waals surface area contributed by atoms with E-state index in [1.807, 2.05) is 0 Å². The van der Waals surface area contributed by atoms with Crippen LogP contribution in [0.3, 0.4) is 0 Å². The zero-order chi connectivity index (χ0) is 15.2. The van der Waals surface area contributed by atoms with Gasteiger partial charge in [0.25, 0.3) is 5.91 Å². The van der Waals surface area contributed by atoms with E-state index in [0.29, 0.717) is 24.3 Å². The minimum absolute atomic E-state index is 0.233. The predicted octanol–water partition coefficient (Wildman–Crippen LogP) is 1.52. The summed E-state index contributed by atoms with van der Waals surface area (Å²) in [6.45, 7) is 5.96. The van der Waals surface area contributed by atoms with Crippen molar-refractivity contribution in [2.24, 2.45) is 0 Å². The largest absolute Gasteiger partial charge is 0.444 e. The third kappa shape index (κ3) is 6.08. The van der Waals surface area contributed by atoms with Gasteiger partial charge in [0.05, 0.1) is 0 Å². The lowest BCUT2D eigenvalue weighted by Gasteiger charge is -2.19. The molecule has 0 saturated carbocycles. The number of nitrogens with two attached hydrogens (primary N) is 1. The lowest BCUT2D eigenvalue weighted by Crippen LogP contribution is -2.37. The first-order chi connectivity index (χ1) is 9.28. The fourth-order valence-electron chi connectivity index (χ4n) is 1.44. The summed E-state index contributed by atoms with van der Waals surface area (Å²) in [5, 5.41) is 5.24. The van der Waals surface area contributed by atoms with E-state index in [-0.39, 0.29) is 5.91 Å². The summed E-state index contributed by atoms with van der Waals surface area (Å²) in [7, 11) is 0. The van der Waals surface area contributed by atoms with Crippen molar-refractivity contribution in [3.05, 3.63) is 29.8 Å². The van der Waals surface area contributed by atoms with E-state index in [9.17, 15) is 9.59 Å². The van der Waals surface area contributed by atoms with Crippen LogP contribution in [0.2, 0.25) is 0 Å². The molecule has 1 rings (SSSR count). The number of nitrogens with one attached hydrogen (secondary N) is 2. The minimum atomic E-state index is -0.533. The number of nitrogen functional groups attached to an aromatic ring is 1. The Hall–Kier alpha value is -2.24. The van der Waals surface area contributed by atoms with Gasteiger partial charge in [0.2, 0.25) is 0 Å². The van der Waals surface area contributed by atoms with Gasteiger partial charge in [-0.15, -0.1) is 0 Å². The van der Waals surface area contributed by atoms with E-state index in [1.54, 1.807) is 45.0 Å². The van der Waals surface area contributed by atoms with Crippen LogP contribution in [0.25, 0.3) is 0 Å². The van der Waals surface area contributed by atoms with Gasteiger partial charge in [-0.25, -0.2) is 4.79 Å². The van der Waals surface area contributed by atoms with E-state index in [0.717, 1.165) is 0 Å². The number of anilines is 1. The number of hydrogen-bond acceptors (Lipinski definition) is 4. The number of carbonyl (C=O) groups excluding carboxylic acids is 2. The summed E-state index contributed by atoms with van der Waals surface area (Å²) in [5.74, 6) is -0.233. The van der Waals surface area contributed by atoms with Gasteiger partial charge in [0.1, 0.15) is 5.60 Å². The van der Waals surface area contributed by atoms with E-state index >= 15 is 0 Å². The second kappa shape index (κ2) is 6.79. The zero-order valence-electron chi connectivity index (χ0n) is 12.0. The van der Waals surface area contributed by atoms with Crippen molar-refractivity contribution in [3.63, 3.8) is 0 Å². The minimum Gasteiger partial charge on any atom is -0.444 e. The molecule has 0 fully saturated rings. The molecule has 0 heterocycles. The van der Waals surface area contributed by atoms with Crippen LogP contribution in [-0.2, 0) is 4.74 Å². The summed E-state index contributed by atoms with van der Waals surface area (Å²) in [5.41, 5.74) is 6.08. The molecule has 0 radical (unpaired) electrons. The standard InChI is InChI=1S/C14H21N3O3/c1-14(2,3)20-13(19)17-8-7-16-12(18)10-5-4-6-11(15)9-10/h4-6,9H,7-8,15H2,1-3H3,(H,16,18)(H,17,19). The van der Waals surface area contributed by atoms with E-state index in [2.05, 4.69) is 10.6 Å². The third-order valence-corrected chi connectivity index (χ3v) is 2.23. The fraction of sp³-hybridized carbons (Fsp3) is 0.429. The smallest absolute Gasteiger partial charge is 0.407 e. The van der Waals surface area contributed by atoms with Crippen molar-refractivity contribution in [3.8, 4) is 0 Å². The molecule has 0 aliphatic heterocycles. The SMILES string of the molecule is CC(C)(C)OC(=O)NCCNC(=O)c1cccc(N)c1. The Labute approximate surface area is 118 Å². The lowest BCUT2D eigenvalue weighted by atomic mass is 10.2. The van der Waals surface area contributed by atoms with Gasteiger partial charge in [0.15, 0.2) is 0 Å². The number of amides is 2. The normalized spacial score (nSPS) is 10.8. The molecule has 6 nitrogen and oxygen atoms in total. The van der Waals surface area contributed by atoms with Crippen molar-refractivity contribution < 1.29 is 14.3 Å². The number of ether oxygens (including phenoxy) is 1. The first kappa shape index (κ1) is 15.8. The topological polar surface area (TPSA) is 93.5 Å². The monoisotopic (exact) mass is 279 g/mol. The number of benzene rings is 1. The van der Waals surface area contributed by atoms with Crippen molar-refractivity contribution in [2.45, 2.75) is 26.4 Å². The van der Waals surface area contributed by atoms with Gasteiger partial charge in [-0.05, 0) is 39.0 Å². The molecule has 0 aliphatic carbocycles. The van der Waals surface area contributed by atoms with Crippen molar-refractivity contribution in [1.82, 2.24) is 10.6 Å². The summed E-state index contributed by atoms with van der Waals surface area (Å²) in [6, 6.07) is 6.69. The Morgan fingerprint density at radius 3 is 2.45 bits per heavy atom. The van der Waals surface area contributed by atoms with Gasteiger partial charge in [-0.1, -0.05) is 6.07 Å². The van der Waals surface area contributed by atoms with E-state index in [1.165, 1.54) is 0 Å². The summed E-state index contributed by atoms with van der Waals surface area (Å²) in [6.07, 6.45) is -0.504. The Bertz CT molecular complexity index is 481. The molecule has 0 saturated heterocycles. The number of hydrogen-bond donors (Lipinski definition) is 3. The first-order valence-electron chi connectivity index (χ1n) is 6.38. The maximum atomic E-state index is 11.8. The Kier molecular flexibility index (Phi) is 5.37. The number of rotatable bonds is 4. The van der Waals surface area contributed by atoms with Crippen LogP contribution < -0.4 is 16.4 Å². The highest BCUT2D eigenvalue weighted by atomic mass is 16.6. The maximum Gasteiger partial charge on any atom is 0.407 e. The molecule has 0 unspecified atom stereocenters. The second-order valence-electron chi connectivity index (χ2n) is 5.31. The van der Waals surface area contributed by atoms with Gasteiger partial charge in [0, 0.05) is 24.3 Å². The number of alkyl carbamates (subject to hydrolysis) is 1. The van der Waals surface area contributed by atoms with Crippen molar-refractivity contribution in [1.29, 1.82) is 0 Å². The molecule has 6 heteroatoms. The molecule has 4 N–H and O–H groups in total. The number of carbonyl (C=O) groups is 2. The molecule has 20 heavy (non-hydrogen) atoms. The molecule has 110 valence electrons. The average Bonchev–Trinajstić information content (AvgIpc) is 2.32. The van der Waals surface area contributed by atoms with Crippen LogP contribution in [0, 0.1) is 0 Å². The van der Waals surface area contributed by atoms with Crippen LogP contribution in [0.4, 0.5) is 10.5 Å². The molecule has 0 bridgehead atoms. The average molecular weight is 279 g/mol. The molecule has 1 aromatic rings. The van der Waals surface area contributed by atoms with Crippen LogP contribution in [0.1, 0.15) is 31.1 Å². The predicted molar refractivity (Wildman–Crippen MR) is 77.4 cm³/mol. The summed E-state index contributed by atoms with van der Waals surface area (Å²) in [4.78, 5) is 23.1. The van der Waals surface area contributed by atoms with Gasteiger partial charge < -0.3 is 21.1 Å². The molecular formula is C14H21N3O3. The van der Waals surface area contributed by atoms with Crippen LogP contribution in [0.15, 0.2) is 24.3 Å². The molecule has 0 aliphatic rings. The molecule has 0 atom stereocenters. The molecular weight excluding hydrogens is 258 g/mol. The molecule has 0 spiro atoms. The Morgan fingerprint density at radius 2 is 1.85 bits per heavy atom. The third-order valence-electron chi connectivity index (χ3n) is 2.23. The maximum absolute atomic E-state index is 11.8. The Morgan fingerprint density at radius 1 is 1.20 bits per heavy atom. The van der Waals surface area contributed by atoms with Gasteiger partial charge in [-0.3, -0.25) is 4.79 Å². The van der Waals surface area contributed by atoms with Crippen LogP contribution in [-0.4, -0.2) is 30.7 Å². The highest BCUT2D eigenvalue weighted by Crippen LogP contribution is 2.06. The zero-order valence-corrected chi connectivity index (χ0v) is 12.0. The molecule has 2 amide bonds. The quantitative estimate of drug-likeness (QED) is 0.575. The Balaban J connectivity index is 2.28. The molecule has 1 aromatic carbocycles. The summed E-state index contributed by atoms with van der Waals surface area (Å²) >= 11 is 0. The van der Waals surface area contributed by atoms with E-state index < -0.39 is 11.7 Å².